The summed E-state index contributed by atoms with van der Waals surface area (Å²) in [4.78, 5) is 82.9. The number of carbonyl (C=O) groups excluding carboxylic acids is 4. The van der Waals surface area contributed by atoms with Crippen molar-refractivity contribution in [3.63, 3.8) is 0 Å². The highest BCUT2D eigenvalue weighted by Gasteiger charge is 2.61. The van der Waals surface area contributed by atoms with Crippen LogP contribution < -0.4 is 30.7 Å². The minimum Gasteiger partial charge on any atom is -0.497 e. The number of nitrogens with zero attached hydrogens (tertiary/aromatic N) is 4. The van der Waals surface area contributed by atoms with Crippen molar-refractivity contribution in [2.45, 2.75) is 122 Å². The van der Waals surface area contributed by atoms with Gasteiger partial charge in [0.1, 0.15) is 40.9 Å². The number of aliphatic carboxylic acids is 1. The molecule has 5 N–H and O–H groups in total. The molecule has 1 saturated carbocycles. The van der Waals surface area contributed by atoms with E-state index in [0.717, 1.165) is 23.5 Å². The monoisotopic (exact) mass is 934 g/mol. The first-order chi connectivity index (χ1) is 32.0. The molecule has 6 atom stereocenters. The number of hydrogen-bond donors (Lipinski definition) is 5. The molecule has 1 unspecified atom stereocenters. The third-order valence-corrected chi connectivity index (χ3v) is 14.1. The number of carbonyl (C=O) groups is 5. The van der Waals surface area contributed by atoms with Crippen molar-refractivity contribution in [2.75, 3.05) is 32.1 Å². The fourth-order valence-electron chi connectivity index (χ4n) is 9.33. The number of thiazole rings is 1. The van der Waals surface area contributed by atoms with Gasteiger partial charge in [0.2, 0.25) is 11.8 Å². The lowest BCUT2D eigenvalue weighted by Crippen LogP contribution is -2.59. The highest BCUT2D eigenvalue weighted by atomic mass is 32.1. The highest BCUT2D eigenvalue weighted by Crippen LogP contribution is 2.46. The number of carboxylic acids is 1. The number of nitrogens with one attached hydrogen (secondary N) is 4. The topological polar surface area (TPSA) is 204 Å². The van der Waals surface area contributed by atoms with Crippen molar-refractivity contribution in [3.8, 4) is 22.9 Å². The summed E-state index contributed by atoms with van der Waals surface area (Å²) in [5.41, 5.74) is 1.48. The third kappa shape index (κ3) is 10.5. The summed E-state index contributed by atoms with van der Waals surface area (Å²) in [6, 6.07) is 11.8. The maximum absolute atomic E-state index is 15.0. The van der Waals surface area contributed by atoms with Crippen LogP contribution in [-0.4, -0.2) is 117 Å². The fourth-order valence-corrected chi connectivity index (χ4v) is 10.2. The van der Waals surface area contributed by atoms with E-state index in [-0.39, 0.29) is 43.8 Å². The van der Waals surface area contributed by atoms with Crippen LogP contribution in [0.3, 0.4) is 0 Å². The van der Waals surface area contributed by atoms with Crippen molar-refractivity contribution < 1.29 is 38.6 Å². The lowest BCUT2D eigenvalue weighted by Gasteiger charge is -2.38. The average Bonchev–Trinajstić information content (AvgIpc) is 3.55. The number of rotatable bonds is 11. The van der Waals surface area contributed by atoms with E-state index in [1.54, 1.807) is 24.1 Å². The summed E-state index contributed by atoms with van der Waals surface area (Å²) < 4.78 is 12.3. The molecule has 3 aliphatic heterocycles. The van der Waals surface area contributed by atoms with Gasteiger partial charge in [-0.05, 0) is 75.1 Å². The molecule has 2 aromatic carbocycles. The summed E-state index contributed by atoms with van der Waals surface area (Å²) in [5.74, 6) is -1.63. The van der Waals surface area contributed by atoms with Gasteiger partial charge in [-0.25, -0.2) is 19.6 Å². The second-order valence-electron chi connectivity index (χ2n) is 19.6. The van der Waals surface area contributed by atoms with E-state index < -0.39 is 59.0 Å². The first-order valence-electron chi connectivity index (χ1n) is 23.4. The number of allylic oxidation sites excluding steroid dienone is 1. The van der Waals surface area contributed by atoms with E-state index in [1.165, 1.54) is 16.2 Å². The first kappa shape index (κ1) is 47.3. The van der Waals surface area contributed by atoms with Crippen LogP contribution in [0.5, 0.6) is 11.5 Å². The van der Waals surface area contributed by atoms with Crippen molar-refractivity contribution >= 4 is 57.1 Å². The highest BCUT2D eigenvalue weighted by molar-refractivity contribution is 7.14. The fraction of sp³-hybridized carbons (Fsp3) is 0.500. The van der Waals surface area contributed by atoms with Gasteiger partial charge in [-0.1, -0.05) is 64.0 Å². The van der Waals surface area contributed by atoms with Gasteiger partial charge in [0.05, 0.1) is 30.9 Å². The Hall–Kier alpha value is -6.23. The maximum Gasteiger partial charge on any atom is 0.330 e. The van der Waals surface area contributed by atoms with Crippen molar-refractivity contribution in [3.05, 3.63) is 77.2 Å². The molecule has 17 heteroatoms. The number of aromatic nitrogens is 2. The Balaban J connectivity index is 1.08. The molecule has 1 saturated heterocycles. The molecule has 4 aromatic rings. The van der Waals surface area contributed by atoms with Gasteiger partial charge < -0.3 is 45.6 Å². The van der Waals surface area contributed by atoms with Crippen LogP contribution in [0, 0.1) is 11.3 Å². The number of pyridine rings is 1. The van der Waals surface area contributed by atoms with Crippen LogP contribution in [0.2, 0.25) is 0 Å². The number of urea groups is 1. The Morgan fingerprint density at radius 3 is 2.61 bits per heavy atom. The molecule has 356 valence electrons. The molecule has 4 aliphatic rings. The van der Waals surface area contributed by atoms with E-state index in [4.69, 9.17) is 19.4 Å². The minimum absolute atomic E-state index is 0.0161. The smallest absolute Gasteiger partial charge is 0.330 e. The molecular formula is C50H62N8O8S. The SMILES string of the molecule is COc1ccc2c(O[C@@H]3C[C@H]4C(=O)N[C@]5(C(=O)O)CC5/C=C\CCCCC[C@H](NC(=O)N[C@H](CN5CCc6ccccc6C5=O)C(C)(C)C)C(=O)N4C3)cc(-c3csc(NC(C)C)n3)nc2c1. The molecule has 1 aliphatic carbocycles. The Morgan fingerprint density at radius 2 is 1.85 bits per heavy atom. The van der Waals surface area contributed by atoms with E-state index in [0.29, 0.717) is 71.6 Å². The van der Waals surface area contributed by atoms with Crippen molar-refractivity contribution in [2.24, 2.45) is 11.3 Å². The summed E-state index contributed by atoms with van der Waals surface area (Å²) in [5, 5.41) is 26.0. The van der Waals surface area contributed by atoms with Gasteiger partial charge in [-0.3, -0.25) is 14.4 Å². The quantitative estimate of drug-likeness (QED) is 0.0991. The number of ether oxygens (including phenoxy) is 2. The summed E-state index contributed by atoms with van der Waals surface area (Å²) >= 11 is 1.46. The van der Waals surface area contributed by atoms with Gasteiger partial charge in [-0.2, -0.15) is 0 Å². The number of benzene rings is 2. The third-order valence-electron chi connectivity index (χ3n) is 13.3. The van der Waals surface area contributed by atoms with E-state index in [2.05, 4.69) is 21.3 Å². The maximum atomic E-state index is 15.0. The van der Waals surface area contributed by atoms with Gasteiger partial charge in [0, 0.05) is 59.9 Å². The predicted molar refractivity (Wildman–Crippen MR) is 256 cm³/mol. The Bertz CT molecular complexity index is 2560. The van der Waals surface area contributed by atoms with E-state index in [1.807, 2.05) is 88.5 Å². The Kier molecular flexibility index (Phi) is 13.8. The van der Waals surface area contributed by atoms with Crippen LogP contribution in [-0.2, 0) is 20.8 Å². The average molecular weight is 935 g/mol. The Morgan fingerprint density at radius 1 is 1.04 bits per heavy atom. The van der Waals surface area contributed by atoms with Crippen LogP contribution in [0.4, 0.5) is 9.93 Å². The standard InChI is InChI=1S/C50H62N8O8S/c1-29(2)51-48-54-39(28-67-48)38-24-41(35-19-18-32(65-6)22-37(35)52-38)66-33-23-40-43(59)56-50(46(62)63)25-31(50)15-10-8-7-9-11-17-36(45(61)58(40)26-33)53-47(64)55-42(49(3,4)5)27-57-21-20-30-14-12-13-16-34(30)44(57)60/h10,12-16,18-19,22,24,28-29,31,33,36,40,42H,7-9,11,17,20-21,23,25-27H2,1-6H3,(H,51,54)(H,56,59)(H,62,63)(H2,53,55,64)/b15-10-/t31?,33-,36+,40+,42-,50-/m1/s1. The van der Waals surface area contributed by atoms with Crippen LogP contribution in [0.25, 0.3) is 22.3 Å². The zero-order chi connectivity index (χ0) is 47.6. The van der Waals surface area contributed by atoms with Gasteiger partial charge >= 0.3 is 12.0 Å². The van der Waals surface area contributed by atoms with Gasteiger partial charge in [-0.15, -0.1) is 11.3 Å². The van der Waals surface area contributed by atoms with E-state index in [9.17, 15) is 24.3 Å². The van der Waals surface area contributed by atoms with Crippen LogP contribution in [0.15, 0.2) is 66.1 Å². The molecule has 67 heavy (non-hydrogen) atoms. The zero-order valence-electron chi connectivity index (χ0n) is 39.1. The van der Waals surface area contributed by atoms with Crippen LogP contribution >= 0.6 is 11.3 Å². The summed E-state index contributed by atoms with van der Waals surface area (Å²) in [7, 11) is 1.58. The van der Waals surface area contributed by atoms with Gasteiger partial charge in [0.25, 0.3) is 5.91 Å². The number of hydrogen-bond acceptors (Lipinski definition) is 11. The number of carboxylic acid groups (broad SMARTS) is 1. The number of amides is 5. The van der Waals surface area contributed by atoms with Crippen molar-refractivity contribution in [1.82, 2.24) is 35.7 Å². The normalized spacial score (nSPS) is 24.3. The summed E-state index contributed by atoms with van der Waals surface area (Å²) in [6.45, 7) is 10.8. The van der Waals surface area contributed by atoms with Gasteiger partial charge in [0.15, 0.2) is 5.13 Å². The molecule has 0 bridgehead atoms. The zero-order valence-corrected chi connectivity index (χ0v) is 39.9. The van der Waals surface area contributed by atoms with E-state index >= 15 is 4.79 Å². The number of anilines is 1. The second kappa shape index (κ2) is 19.5. The first-order valence-corrected chi connectivity index (χ1v) is 24.3. The molecule has 0 radical (unpaired) electrons. The molecule has 5 amide bonds. The van der Waals surface area contributed by atoms with Crippen LogP contribution in [0.1, 0.15) is 95.5 Å². The van der Waals surface area contributed by atoms with Crippen molar-refractivity contribution in [1.29, 1.82) is 0 Å². The summed E-state index contributed by atoms with van der Waals surface area (Å²) in [6.07, 6.45) is 7.32. The molecule has 16 nitrogen and oxygen atoms in total. The number of fused-ring (bicyclic) bond motifs is 4. The minimum atomic E-state index is -1.50. The number of methoxy groups -OCH3 is 1. The largest absolute Gasteiger partial charge is 0.497 e. The molecular weight excluding hydrogens is 873 g/mol. The second-order valence-corrected chi connectivity index (χ2v) is 20.5. The molecule has 2 aromatic heterocycles. The Labute approximate surface area is 395 Å². The lowest BCUT2D eigenvalue weighted by molar-refractivity contribution is -0.145. The molecule has 5 heterocycles. The molecule has 2 fully saturated rings. The molecule has 0 spiro atoms. The lowest BCUT2D eigenvalue weighted by atomic mass is 9.85. The molecule has 8 rings (SSSR count). The predicted octanol–water partition coefficient (Wildman–Crippen LogP) is 6.80.